The molecule has 0 aliphatic carbocycles. The number of nitrogen functional groups attached to an aromatic ring is 1. The van der Waals surface area contributed by atoms with Crippen molar-refractivity contribution in [3.63, 3.8) is 0 Å². The average Bonchev–Trinajstić information content (AvgIpc) is 2.40. The van der Waals surface area contributed by atoms with Gasteiger partial charge in [0.2, 0.25) is 0 Å². The van der Waals surface area contributed by atoms with Crippen molar-refractivity contribution in [2.75, 3.05) is 11.1 Å². The van der Waals surface area contributed by atoms with Crippen LogP contribution in [0.5, 0.6) is 0 Å². The fourth-order valence-electron chi connectivity index (χ4n) is 1.60. The first-order valence-corrected chi connectivity index (χ1v) is 6.17. The highest BCUT2D eigenvalue weighted by Crippen LogP contribution is 2.20. The van der Waals surface area contributed by atoms with Gasteiger partial charge in [0.1, 0.15) is 0 Å². The number of hydrogen-bond donors (Lipinski definition) is 3. The smallest absolute Gasteiger partial charge is 0.319 e. The molecule has 0 aromatic heterocycles. The van der Waals surface area contributed by atoms with E-state index in [1.54, 1.807) is 30.3 Å². The zero-order valence-electron chi connectivity index (χ0n) is 10.2. The summed E-state index contributed by atoms with van der Waals surface area (Å²) in [6.45, 7) is 0.364. The maximum Gasteiger partial charge on any atom is 0.319 e. The van der Waals surface area contributed by atoms with Crippen LogP contribution in [0.15, 0.2) is 48.5 Å². The number of rotatable bonds is 3. The van der Waals surface area contributed by atoms with Crippen molar-refractivity contribution in [2.24, 2.45) is 0 Å². The Labute approximate surface area is 116 Å². The highest BCUT2D eigenvalue weighted by Gasteiger charge is 2.05. The zero-order chi connectivity index (χ0) is 13.7. The molecule has 0 spiro atoms. The molecule has 0 saturated carbocycles. The Morgan fingerprint density at radius 2 is 1.79 bits per heavy atom. The summed E-state index contributed by atoms with van der Waals surface area (Å²) < 4.78 is 0. The summed E-state index contributed by atoms with van der Waals surface area (Å²) >= 11 is 5.95. The van der Waals surface area contributed by atoms with Gasteiger partial charge in [-0.2, -0.15) is 0 Å². The molecule has 0 aliphatic rings. The second-order valence-corrected chi connectivity index (χ2v) is 4.39. The van der Waals surface area contributed by atoms with Crippen molar-refractivity contribution in [3.05, 3.63) is 59.1 Å². The maximum atomic E-state index is 11.7. The van der Waals surface area contributed by atoms with E-state index in [1.165, 1.54) is 0 Å². The summed E-state index contributed by atoms with van der Waals surface area (Å²) in [7, 11) is 0. The molecule has 0 radical (unpaired) electrons. The third kappa shape index (κ3) is 3.63. The SMILES string of the molecule is Nc1ccccc1CNC(=O)Nc1ccccc1Cl. The van der Waals surface area contributed by atoms with Crippen molar-refractivity contribution < 1.29 is 4.79 Å². The Balaban J connectivity index is 1.92. The van der Waals surface area contributed by atoms with E-state index in [4.69, 9.17) is 17.3 Å². The van der Waals surface area contributed by atoms with Gasteiger partial charge in [-0.15, -0.1) is 0 Å². The molecule has 2 amide bonds. The average molecular weight is 276 g/mol. The van der Waals surface area contributed by atoms with Crippen LogP contribution < -0.4 is 16.4 Å². The number of halogens is 1. The molecule has 0 unspecified atom stereocenters. The van der Waals surface area contributed by atoms with Gasteiger partial charge in [0.25, 0.3) is 0 Å². The van der Waals surface area contributed by atoms with Gasteiger partial charge in [0.05, 0.1) is 10.7 Å². The van der Waals surface area contributed by atoms with E-state index in [0.29, 0.717) is 22.9 Å². The highest BCUT2D eigenvalue weighted by atomic mass is 35.5. The molecule has 2 rings (SSSR count). The molecular weight excluding hydrogens is 262 g/mol. The molecule has 0 saturated heterocycles. The molecule has 2 aromatic carbocycles. The molecule has 98 valence electrons. The van der Waals surface area contributed by atoms with Crippen LogP contribution in [-0.4, -0.2) is 6.03 Å². The predicted octanol–water partition coefficient (Wildman–Crippen LogP) is 3.24. The molecule has 0 fully saturated rings. The van der Waals surface area contributed by atoms with E-state index in [9.17, 15) is 4.79 Å². The van der Waals surface area contributed by atoms with E-state index in [1.807, 2.05) is 18.2 Å². The molecule has 4 N–H and O–H groups in total. The van der Waals surface area contributed by atoms with E-state index in [-0.39, 0.29) is 6.03 Å². The third-order valence-electron chi connectivity index (χ3n) is 2.62. The molecule has 5 heteroatoms. The van der Waals surface area contributed by atoms with Gasteiger partial charge in [-0.05, 0) is 23.8 Å². The lowest BCUT2D eigenvalue weighted by Gasteiger charge is -2.10. The van der Waals surface area contributed by atoms with Crippen molar-refractivity contribution >= 4 is 29.0 Å². The van der Waals surface area contributed by atoms with Gasteiger partial charge in [0, 0.05) is 12.2 Å². The molecule has 0 bridgehead atoms. The second-order valence-electron chi connectivity index (χ2n) is 3.99. The summed E-state index contributed by atoms with van der Waals surface area (Å²) in [5.74, 6) is 0. The normalized spacial score (nSPS) is 9.95. The fourth-order valence-corrected chi connectivity index (χ4v) is 1.78. The fraction of sp³-hybridized carbons (Fsp3) is 0.0714. The number of nitrogens with two attached hydrogens (primary N) is 1. The van der Waals surface area contributed by atoms with Crippen molar-refractivity contribution in [2.45, 2.75) is 6.54 Å². The first-order valence-electron chi connectivity index (χ1n) is 5.79. The quantitative estimate of drug-likeness (QED) is 0.753. The minimum absolute atomic E-state index is 0.323. The summed E-state index contributed by atoms with van der Waals surface area (Å²) in [4.78, 5) is 11.7. The Kier molecular flexibility index (Phi) is 4.26. The number of urea groups is 1. The molecular formula is C14H14ClN3O. The summed E-state index contributed by atoms with van der Waals surface area (Å²) in [5, 5.41) is 5.90. The monoisotopic (exact) mass is 275 g/mol. The van der Waals surface area contributed by atoms with E-state index in [0.717, 1.165) is 5.56 Å². The van der Waals surface area contributed by atoms with Crippen LogP contribution in [0.2, 0.25) is 5.02 Å². The number of nitrogens with one attached hydrogen (secondary N) is 2. The minimum atomic E-state index is -0.323. The van der Waals surface area contributed by atoms with E-state index >= 15 is 0 Å². The van der Waals surface area contributed by atoms with Crippen LogP contribution in [0.3, 0.4) is 0 Å². The lowest BCUT2D eigenvalue weighted by molar-refractivity contribution is 0.252. The van der Waals surface area contributed by atoms with Crippen LogP contribution >= 0.6 is 11.6 Å². The number of carbonyl (C=O) groups excluding carboxylic acids is 1. The molecule has 2 aromatic rings. The largest absolute Gasteiger partial charge is 0.398 e. The number of amides is 2. The zero-order valence-corrected chi connectivity index (χ0v) is 10.9. The molecule has 0 atom stereocenters. The third-order valence-corrected chi connectivity index (χ3v) is 2.95. The van der Waals surface area contributed by atoms with Crippen molar-refractivity contribution in [3.8, 4) is 0 Å². The Hall–Kier alpha value is -2.20. The number of para-hydroxylation sites is 2. The van der Waals surface area contributed by atoms with E-state index < -0.39 is 0 Å². The van der Waals surface area contributed by atoms with Gasteiger partial charge in [-0.3, -0.25) is 0 Å². The van der Waals surface area contributed by atoms with Crippen LogP contribution in [0.4, 0.5) is 16.2 Å². The van der Waals surface area contributed by atoms with Gasteiger partial charge in [-0.1, -0.05) is 41.9 Å². The lowest BCUT2D eigenvalue weighted by Crippen LogP contribution is -2.28. The van der Waals surface area contributed by atoms with Crippen molar-refractivity contribution in [1.82, 2.24) is 5.32 Å². The van der Waals surface area contributed by atoms with Gasteiger partial charge < -0.3 is 16.4 Å². The van der Waals surface area contributed by atoms with Gasteiger partial charge in [0.15, 0.2) is 0 Å². The number of hydrogen-bond acceptors (Lipinski definition) is 2. The topological polar surface area (TPSA) is 67.1 Å². The predicted molar refractivity (Wildman–Crippen MR) is 78.2 cm³/mol. The Morgan fingerprint density at radius 1 is 1.11 bits per heavy atom. The summed E-state index contributed by atoms with van der Waals surface area (Å²) in [6.07, 6.45) is 0. The number of benzene rings is 2. The second kappa shape index (κ2) is 6.11. The first kappa shape index (κ1) is 13.2. The number of carbonyl (C=O) groups is 1. The van der Waals surface area contributed by atoms with Gasteiger partial charge in [-0.25, -0.2) is 4.79 Å². The van der Waals surface area contributed by atoms with Crippen LogP contribution in [-0.2, 0) is 6.54 Å². The first-order chi connectivity index (χ1) is 9.16. The Morgan fingerprint density at radius 3 is 2.53 bits per heavy atom. The van der Waals surface area contributed by atoms with Crippen LogP contribution in [0.1, 0.15) is 5.56 Å². The van der Waals surface area contributed by atoms with Gasteiger partial charge >= 0.3 is 6.03 Å². The lowest BCUT2D eigenvalue weighted by atomic mass is 10.2. The Bertz CT molecular complexity index is 586. The standard InChI is InChI=1S/C14H14ClN3O/c15-11-6-2-4-8-13(11)18-14(19)17-9-10-5-1-3-7-12(10)16/h1-8H,9,16H2,(H2,17,18,19). The molecule has 0 aliphatic heterocycles. The van der Waals surface area contributed by atoms with Crippen LogP contribution in [0.25, 0.3) is 0 Å². The van der Waals surface area contributed by atoms with Crippen LogP contribution in [0, 0.1) is 0 Å². The minimum Gasteiger partial charge on any atom is -0.398 e. The summed E-state index contributed by atoms with van der Waals surface area (Å²) in [6, 6.07) is 14.1. The maximum absolute atomic E-state index is 11.7. The summed E-state index contributed by atoms with van der Waals surface area (Å²) in [5.41, 5.74) is 7.89. The number of anilines is 2. The molecule has 19 heavy (non-hydrogen) atoms. The van der Waals surface area contributed by atoms with Crippen molar-refractivity contribution in [1.29, 1.82) is 0 Å². The molecule has 0 heterocycles. The van der Waals surface area contributed by atoms with E-state index in [2.05, 4.69) is 10.6 Å². The molecule has 4 nitrogen and oxygen atoms in total. The highest BCUT2D eigenvalue weighted by molar-refractivity contribution is 6.33.